The number of anilines is 1. The first-order valence-corrected chi connectivity index (χ1v) is 6.92. The molecule has 0 radical (unpaired) electrons. The van der Waals surface area contributed by atoms with Crippen molar-refractivity contribution in [2.45, 2.75) is 13.0 Å². The fraction of sp³-hybridized carbons (Fsp3) is 0.188. The van der Waals surface area contributed by atoms with Crippen LogP contribution in [0, 0.1) is 0 Å². The highest BCUT2D eigenvalue weighted by Crippen LogP contribution is 2.09. The van der Waals surface area contributed by atoms with Gasteiger partial charge in [-0.15, -0.1) is 0 Å². The highest BCUT2D eigenvalue weighted by molar-refractivity contribution is 6.30. The number of hydrogen-bond acceptors (Lipinski definition) is 2. The van der Waals surface area contributed by atoms with Gasteiger partial charge in [-0.25, -0.2) is 0 Å². The number of para-hydroxylation sites is 1. The van der Waals surface area contributed by atoms with E-state index >= 15 is 0 Å². The lowest BCUT2D eigenvalue weighted by Crippen LogP contribution is -2.24. The lowest BCUT2D eigenvalue weighted by atomic mass is 10.2. The molecular formula is C16H17ClN2O. The molecule has 2 aromatic carbocycles. The van der Waals surface area contributed by atoms with Crippen LogP contribution in [0.2, 0.25) is 5.02 Å². The first-order chi connectivity index (χ1) is 9.74. The summed E-state index contributed by atoms with van der Waals surface area (Å²) in [6.07, 6.45) is 0.447. The average Bonchev–Trinajstić information content (AvgIpc) is 2.48. The van der Waals surface area contributed by atoms with Crippen molar-refractivity contribution in [2.24, 2.45) is 0 Å². The summed E-state index contributed by atoms with van der Waals surface area (Å²) in [4.78, 5) is 11.7. The van der Waals surface area contributed by atoms with Crippen LogP contribution in [-0.4, -0.2) is 12.5 Å². The average molecular weight is 289 g/mol. The van der Waals surface area contributed by atoms with Gasteiger partial charge in [-0.05, 0) is 29.8 Å². The van der Waals surface area contributed by atoms with Crippen LogP contribution < -0.4 is 10.6 Å². The van der Waals surface area contributed by atoms with E-state index < -0.39 is 0 Å². The lowest BCUT2D eigenvalue weighted by Gasteiger charge is -2.07. The molecule has 1 amide bonds. The largest absolute Gasteiger partial charge is 0.385 e. The summed E-state index contributed by atoms with van der Waals surface area (Å²) >= 11 is 5.81. The summed E-state index contributed by atoms with van der Waals surface area (Å²) in [5, 5.41) is 6.79. The van der Waals surface area contributed by atoms with Gasteiger partial charge >= 0.3 is 0 Å². The molecule has 0 aliphatic carbocycles. The fourth-order valence-electron chi connectivity index (χ4n) is 1.77. The van der Waals surface area contributed by atoms with Gasteiger partial charge in [0.2, 0.25) is 5.91 Å². The van der Waals surface area contributed by atoms with Crippen molar-refractivity contribution in [3.63, 3.8) is 0 Å². The smallest absolute Gasteiger partial charge is 0.222 e. The number of halogens is 1. The Hall–Kier alpha value is -2.00. The van der Waals surface area contributed by atoms with Crippen LogP contribution in [0.25, 0.3) is 0 Å². The van der Waals surface area contributed by atoms with Crippen molar-refractivity contribution >= 4 is 23.2 Å². The molecule has 0 fully saturated rings. The van der Waals surface area contributed by atoms with Gasteiger partial charge in [0.15, 0.2) is 0 Å². The predicted octanol–water partition coefficient (Wildman–Crippen LogP) is 3.46. The minimum atomic E-state index is 0.0309. The Kier molecular flexibility index (Phi) is 5.44. The highest BCUT2D eigenvalue weighted by atomic mass is 35.5. The molecule has 0 saturated carbocycles. The number of hydrogen-bond donors (Lipinski definition) is 2. The zero-order valence-corrected chi connectivity index (χ0v) is 11.9. The summed E-state index contributed by atoms with van der Waals surface area (Å²) in [5.74, 6) is 0.0309. The molecule has 0 aliphatic rings. The molecule has 0 aromatic heterocycles. The van der Waals surface area contributed by atoms with Gasteiger partial charge in [-0.3, -0.25) is 4.79 Å². The molecule has 0 spiro atoms. The van der Waals surface area contributed by atoms with Crippen LogP contribution >= 0.6 is 11.6 Å². The Bertz CT molecular complexity index is 540. The van der Waals surface area contributed by atoms with Crippen LogP contribution in [0.5, 0.6) is 0 Å². The van der Waals surface area contributed by atoms with Crippen molar-refractivity contribution in [1.82, 2.24) is 5.32 Å². The predicted molar refractivity (Wildman–Crippen MR) is 82.8 cm³/mol. The van der Waals surface area contributed by atoms with Gasteiger partial charge in [0.1, 0.15) is 0 Å². The zero-order valence-electron chi connectivity index (χ0n) is 11.1. The molecule has 0 unspecified atom stereocenters. The molecule has 2 N–H and O–H groups in total. The SMILES string of the molecule is O=C(CCNc1ccccc1)NCc1ccc(Cl)cc1. The maximum atomic E-state index is 11.7. The van der Waals surface area contributed by atoms with E-state index in [1.165, 1.54) is 0 Å². The quantitative estimate of drug-likeness (QED) is 0.855. The molecule has 104 valence electrons. The molecule has 0 heterocycles. The lowest BCUT2D eigenvalue weighted by molar-refractivity contribution is -0.121. The Labute approximate surface area is 124 Å². The Balaban J connectivity index is 1.67. The minimum Gasteiger partial charge on any atom is -0.385 e. The van der Waals surface area contributed by atoms with E-state index in [0.29, 0.717) is 24.5 Å². The van der Waals surface area contributed by atoms with Crippen molar-refractivity contribution < 1.29 is 4.79 Å². The maximum Gasteiger partial charge on any atom is 0.222 e. The van der Waals surface area contributed by atoms with E-state index in [0.717, 1.165) is 11.3 Å². The van der Waals surface area contributed by atoms with E-state index in [9.17, 15) is 4.79 Å². The van der Waals surface area contributed by atoms with Crippen LogP contribution in [-0.2, 0) is 11.3 Å². The third-order valence-electron chi connectivity index (χ3n) is 2.86. The van der Waals surface area contributed by atoms with Gasteiger partial charge in [0.25, 0.3) is 0 Å². The third kappa shape index (κ3) is 4.94. The van der Waals surface area contributed by atoms with E-state index in [2.05, 4.69) is 10.6 Å². The van der Waals surface area contributed by atoms with Gasteiger partial charge in [-0.2, -0.15) is 0 Å². The first-order valence-electron chi connectivity index (χ1n) is 6.54. The molecule has 2 aromatic rings. The summed E-state index contributed by atoms with van der Waals surface area (Å²) in [7, 11) is 0. The normalized spacial score (nSPS) is 10.1. The second-order valence-corrected chi connectivity index (χ2v) is 4.88. The highest BCUT2D eigenvalue weighted by Gasteiger charge is 2.01. The second kappa shape index (κ2) is 7.56. The van der Waals surface area contributed by atoms with E-state index in [4.69, 9.17) is 11.6 Å². The van der Waals surface area contributed by atoms with Gasteiger partial charge < -0.3 is 10.6 Å². The van der Waals surface area contributed by atoms with Crippen LogP contribution in [0.4, 0.5) is 5.69 Å². The first kappa shape index (κ1) is 14.4. The molecule has 4 heteroatoms. The topological polar surface area (TPSA) is 41.1 Å². The van der Waals surface area contributed by atoms with E-state index in [1.807, 2.05) is 54.6 Å². The van der Waals surface area contributed by atoms with Crippen LogP contribution in [0.1, 0.15) is 12.0 Å². The monoisotopic (exact) mass is 288 g/mol. The molecular weight excluding hydrogens is 272 g/mol. The summed E-state index contributed by atoms with van der Waals surface area (Å²) in [5.41, 5.74) is 2.07. The maximum absolute atomic E-state index is 11.7. The van der Waals surface area contributed by atoms with Crippen LogP contribution in [0.15, 0.2) is 54.6 Å². The van der Waals surface area contributed by atoms with Crippen molar-refractivity contribution in [1.29, 1.82) is 0 Å². The number of benzene rings is 2. The third-order valence-corrected chi connectivity index (χ3v) is 3.11. The van der Waals surface area contributed by atoms with E-state index in [-0.39, 0.29) is 5.91 Å². The van der Waals surface area contributed by atoms with Gasteiger partial charge in [0.05, 0.1) is 0 Å². The van der Waals surface area contributed by atoms with Gasteiger partial charge in [-0.1, -0.05) is 41.9 Å². The zero-order chi connectivity index (χ0) is 14.2. The van der Waals surface area contributed by atoms with Crippen molar-refractivity contribution in [3.05, 3.63) is 65.2 Å². The number of rotatable bonds is 6. The fourth-order valence-corrected chi connectivity index (χ4v) is 1.89. The summed E-state index contributed by atoms with van der Waals surface area (Å²) in [6.45, 7) is 1.15. The molecule has 20 heavy (non-hydrogen) atoms. The Morgan fingerprint density at radius 2 is 1.70 bits per heavy atom. The summed E-state index contributed by atoms with van der Waals surface area (Å²) in [6, 6.07) is 17.3. The molecule has 0 bridgehead atoms. The number of carbonyl (C=O) groups excluding carboxylic acids is 1. The van der Waals surface area contributed by atoms with Crippen LogP contribution in [0.3, 0.4) is 0 Å². The number of carbonyl (C=O) groups is 1. The molecule has 0 atom stereocenters. The van der Waals surface area contributed by atoms with Gasteiger partial charge in [0, 0.05) is 30.2 Å². The molecule has 0 saturated heterocycles. The van der Waals surface area contributed by atoms with Crippen molar-refractivity contribution in [3.8, 4) is 0 Å². The summed E-state index contributed by atoms with van der Waals surface area (Å²) < 4.78 is 0. The van der Waals surface area contributed by atoms with E-state index in [1.54, 1.807) is 0 Å². The number of amides is 1. The molecule has 0 aliphatic heterocycles. The molecule has 3 nitrogen and oxygen atoms in total. The molecule has 2 rings (SSSR count). The minimum absolute atomic E-state index is 0.0309. The van der Waals surface area contributed by atoms with Crippen molar-refractivity contribution in [2.75, 3.05) is 11.9 Å². The Morgan fingerprint density at radius 3 is 2.40 bits per heavy atom. The standard InChI is InChI=1S/C16H17ClN2O/c17-14-8-6-13(7-9-14)12-19-16(20)10-11-18-15-4-2-1-3-5-15/h1-9,18H,10-12H2,(H,19,20). The number of nitrogens with one attached hydrogen (secondary N) is 2. The second-order valence-electron chi connectivity index (χ2n) is 4.45. The Morgan fingerprint density at radius 1 is 1.00 bits per heavy atom.